The van der Waals surface area contributed by atoms with Crippen LogP contribution in [0.15, 0.2) is 23.4 Å². The molecule has 0 saturated heterocycles. The Kier molecular flexibility index (Phi) is 4.90. The van der Waals surface area contributed by atoms with E-state index in [9.17, 15) is 12.8 Å². The van der Waals surface area contributed by atoms with Gasteiger partial charge in [0.25, 0.3) is 0 Å². The number of hydrogen-bond acceptors (Lipinski definition) is 4. The maximum Gasteiger partial charge on any atom is 0.301 e. The van der Waals surface area contributed by atoms with Gasteiger partial charge in [-0.3, -0.25) is 4.72 Å². The Morgan fingerprint density at radius 1 is 1.50 bits per heavy atom. The molecule has 0 aliphatic rings. The first-order chi connectivity index (χ1) is 9.19. The fraction of sp³-hybridized carbons (Fsp3) is 0.364. The monoisotopic (exact) mass is 304 g/mol. The molecule has 1 rings (SSSR count). The van der Waals surface area contributed by atoms with E-state index in [0.717, 1.165) is 16.4 Å². The van der Waals surface area contributed by atoms with E-state index in [1.165, 1.54) is 13.1 Å². The Morgan fingerprint density at radius 3 is 2.60 bits per heavy atom. The van der Waals surface area contributed by atoms with Gasteiger partial charge in [-0.15, -0.1) is 0 Å². The van der Waals surface area contributed by atoms with E-state index in [4.69, 9.17) is 10.9 Å². The largest absolute Gasteiger partial charge is 0.409 e. The molecule has 112 valence electrons. The number of rotatable bonds is 5. The van der Waals surface area contributed by atoms with Crippen LogP contribution in [-0.2, 0) is 10.2 Å². The average molecular weight is 304 g/mol. The highest BCUT2D eigenvalue weighted by Gasteiger charge is 2.21. The molecule has 0 fully saturated rings. The third kappa shape index (κ3) is 3.58. The van der Waals surface area contributed by atoms with Crippen LogP contribution in [0.4, 0.5) is 10.1 Å². The molecule has 20 heavy (non-hydrogen) atoms. The zero-order valence-electron chi connectivity index (χ0n) is 11.3. The molecule has 9 heteroatoms. The Bertz CT molecular complexity index is 616. The van der Waals surface area contributed by atoms with Crippen molar-refractivity contribution in [2.24, 2.45) is 10.9 Å². The van der Waals surface area contributed by atoms with E-state index in [2.05, 4.69) is 9.88 Å². The smallest absolute Gasteiger partial charge is 0.301 e. The molecule has 0 amide bonds. The van der Waals surface area contributed by atoms with Gasteiger partial charge in [0.2, 0.25) is 0 Å². The summed E-state index contributed by atoms with van der Waals surface area (Å²) in [5, 5.41) is 11.2. The summed E-state index contributed by atoms with van der Waals surface area (Å²) in [7, 11) is -2.34. The number of oxime groups is 1. The van der Waals surface area contributed by atoms with Crippen molar-refractivity contribution in [1.82, 2.24) is 4.31 Å². The lowest BCUT2D eigenvalue weighted by Gasteiger charge is -2.21. The SMILES string of the molecule is CC(C)N(C)S(=O)(=O)Nc1ccc(F)c(C(N)=NO)c1. The van der Waals surface area contributed by atoms with Crippen LogP contribution in [0.25, 0.3) is 0 Å². The lowest BCUT2D eigenvalue weighted by Crippen LogP contribution is -2.37. The number of benzene rings is 1. The van der Waals surface area contributed by atoms with Gasteiger partial charge in [-0.05, 0) is 32.0 Å². The van der Waals surface area contributed by atoms with E-state index < -0.39 is 21.9 Å². The third-order valence-electron chi connectivity index (χ3n) is 2.70. The topological polar surface area (TPSA) is 108 Å². The van der Waals surface area contributed by atoms with Gasteiger partial charge in [0.15, 0.2) is 5.84 Å². The summed E-state index contributed by atoms with van der Waals surface area (Å²) >= 11 is 0. The molecule has 0 bridgehead atoms. The third-order valence-corrected chi connectivity index (χ3v) is 4.38. The van der Waals surface area contributed by atoms with Crippen molar-refractivity contribution >= 4 is 21.7 Å². The van der Waals surface area contributed by atoms with Gasteiger partial charge in [0.05, 0.1) is 11.3 Å². The molecule has 0 radical (unpaired) electrons. The summed E-state index contributed by atoms with van der Waals surface area (Å²) in [5.41, 5.74) is 5.23. The Balaban J connectivity index is 3.12. The quantitative estimate of drug-likeness (QED) is 0.325. The normalized spacial score (nSPS) is 13.0. The first-order valence-corrected chi connectivity index (χ1v) is 7.16. The molecule has 0 spiro atoms. The lowest BCUT2D eigenvalue weighted by atomic mass is 10.2. The van der Waals surface area contributed by atoms with Crippen molar-refractivity contribution in [1.29, 1.82) is 0 Å². The fourth-order valence-corrected chi connectivity index (χ4v) is 2.46. The second-order valence-corrected chi connectivity index (χ2v) is 6.13. The minimum atomic E-state index is -3.76. The molecule has 0 aromatic heterocycles. The molecule has 4 N–H and O–H groups in total. The van der Waals surface area contributed by atoms with Crippen molar-refractivity contribution in [3.63, 3.8) is 0 Å². The molecule has 0 aliphatic heterocycles. The minimum Gasteiger partial charge on any atom is -0.409 e. The van der Waals surface area contributed by atoms with Crippen LogP contribution in [0, 0.1) is 5.82 Å². The number of anilines is 1. The number of hydrogen-bond donors (Lipinski definition) is 3. The maximum absolute atomic E-state index is 13.5. The average Bonchev–Trinajstić information content (AvgIpc) is 2.38. The van der Waals surface area contributed by atoms with Gasteiger partial charge in [0.1, 0.15) is 5.82 Å². The Morgan fingerprint density at radius 2 is 2.10 bits per heavy atom. The van der Waals surface area contributed by atoms with Gasteiger partial charge in [-0.25, -0.2) is 4.39 Å². The minimum absolute atomic E-state index is 0.112. The van der Waals surface area contributed by atoms with Gasteiger partial charge < -0.3 is 10.9 Å². The zero-order valence-corrected chi connectivity index (χ0v) is 12.1. The van der Waals surface area contributed by atoms with Crippen LogP contribution in [0.3, 0.4) is 0 Å². The molecule has 0 aliphatic carbocycles. The highest BCUT2D eigenvalue weighted by Crippen LogP contribution is 2.17. The van der Waals surface area contributed by atoms with E-state index >= 15 is 0 Å². The Labute approximate surface area is 117 Å². The molecule has 0 unspecified atom stereocenters. The predicted octanol–water partition coefficient (Wildman–Crippen LogP) is 0.917. The van der Waals surface area contributed by atoms with E-state index in [-0.39, 0.29) is 17.3 Å². The lowest BCUT2D eigenvalue weighted by molar-refractivity contribution is 0.318. The van der Waals surface area contributed by atoms with Crippen LogP contribution in [0.5, 0.6) is 0 Å². The maximum atomic E-state index is 13.5. The van der Waals surface area contributed by atoms with E-state index in [1.54, 1.807) is 13.8 Å². The summed E-state index contributed by atoms with van der Waals surface area (Å²) in [5.74, 6) is -1.17. The van der Waals surface area contributed by atoms with Crippen LogP contribution < -0.4 is 10.5 Å². The Hall–Kier alpha value is -1.87. The highest BCUT2D eigenvalue weighted by molar-refractivity contribution is 7.90. The molecule has 7 nitrogen and oxygen atoms in total. The van der Waals surface area contributed by atoms with Gasteiger partial charge >= 0.3 is 10.2 Å². The van der Waals surface area contributed by atoms with Crippen molar-refractivity contribution < 1.29 is 18.0 Å². The summed E-state index contributed by atoms with van der Waals surface area (Å²) in [6.07, 6.45) is 0. The molecule has 1 aromatic carbocycles. The summed E-state index contributed by atoms with van der Waals surface area (Å²) < 4.78 is 40.9. The second-order valence-electron chi connectivity index (χ2n) is 4.40. The van der Waals surface area contributed by atoms with Gasteiger partial charge in [0, 0.05) is 13.1 Å². The highest BCUT2D eigenvalue weighted by atomic mass is 32.2. The standard InChI is InChI=1S/C11H17FN4O3S/c1-7(2)16(3)20(18,19)15-8-4-5-10(12)9(6-8)11(13)14-17/h4-7,15,17H,1-3H3,(H2,13,14). The van der Waals surface area contributed by atoms with Gasteiger partial charge in [-0.1, -0.05) is 5.16 Å². The predicted molar refractivity (Wildman–Crippen MR) is 74.4 cm³/mol. The molecular formula is C11H17FN4O3S. The number of nitrogens with zero attached hydrogens (tertiary/aromatic N) is 2. The first kappa shape index (κ1) is 16.2. The molecule has 0 heterocycles. The van der Waals surface area contributed by atoms with Crippen LogP contribution in [0.1, 0.15) is 19.4 Å². The first-order valence-electron chi connectivity index (χ1n) is 5.72. The van der Waals surface area contributed by atoms with Crippen LogP contribution in [0.2, 0.25) is 0 Å². The number of halogens is 1. The van der Waals surface area contributed by atoms with Crippen LogP contribution in [-0.4, -0.2) is 36.9 Å². The zero-order chi connectivity index (χ0) is 15.5. The fourth-order valence-electron chi connectivity index (χ4n) is 1.34. The summed E-state index contributed by atoms with van der Waals surface area (Å²) in [6.45, 7) is 3.43. The number of nitrogens with one attached hydrogen (secondary N) is 1. The molecular weight excluding hydrogens is 287 g/mol. The van der Waals surface area contributed by atoms with Crippen LogP contribution >= 0.6 is 0 Å². The van der Waals surface area contributed by atoms with E-state index in [1.807, 2.05) is 0 Å². The summed E-state index contributed by atoms with van der Waals surface area (Å²) in [6, 6.07) is 3.18. The van der Waals surface area contributed by atoms with Crippen molar-refractivity contribution in [3.8, 4) is 0 Å². The van der Waals surface area contributed by atoms with Gasteiger partial charge in [-0.2, -0.15) is 12.7 Å². The molecule has 0 atom stereocenters. The van der Waals surface area contributed by atoms with Crippen molar-refractivity contribution in [3.05, 3.63) is 29.6 Å². The molecule has 1 aromatic rings. The second kappa shape index (κ2) is 6.06. The summed E-state index contributed by atoms with van der Waals surface area (Å²) in [4.78, 5) is 0. The van der Waals surface area contributed by atoms with E-state index in [0.29, 0.717) is 0 Å². The molecule has 0 saturated carbocycles. The number of amidine groups is 1. The van der Waals surface area contributed by atoms with Crippen molar-refractivity contribution in [2.75, 3.05) is 11.8 Å². The van der Waals surface area contributed by atoms with Crippen molar-refractivity contribution in [2.45, 2.75) is 19.9 Å². The number of nitrogens with two attached hydrogens (primary N) is 1.